The molecule has 2 aromatic carbocycles. The van der Waals surface area contributed by atoms with Gasteiger partial charge in [-0.2, -0.15) is 0 Å². The van der Waals surface area contributed by atoms with E-state index in [9.17, 15) is 4.79 Å². The molecule has 0 amide bonds. The lowest BCUT2D eigenvalue weighted by molar-refractivity contribution is -0.298. The average Bonchev–Trinajstić information content (AvgIpc) is 3.08. The normalized spacial score (nSPS) is 20.6. The molecule has 2 N–H and O–H groups in total. The summed E-state index contributed by atoms with van der Waals surface area (Å²) in [5.74, 6) is 1.03. The van der Waals surface area contributed by atoms with Gasteiger partial charge in [-0.25, -0.2) is 9.89 Å². The highest BCUT2D eigenvalue weighted by molar-refractivity contribution is 5.97. The van der Waals surface area contributed by atoms with E-state index in [1.54, 1.807) is 0 Å². The third-order valence-electron chi connectivity index (χ3n) is 6.82. The number of carboxylic acids is 1. The van der Waals surface area contributed by atoms with E-state index in [-0.39, 0.29) is 6.42 Å². The Morgan fingerprint density at radius 1 is 1.24 bits per heavy atom. The summed E-state index contributed by atoms with van der Waals surface area (Å²) in [6.45, 7) is 9.13. The standard InChI is InChI=1S/C28H35N3O2/c1-19(2)22-9-11-23(12-10-22)29-27-30-24-16-20(8-14-26(32)33)7-13-25(24)31(27)18-21-6-5-15-28(3,4)17-21/h7,9-13,16,18-19,21H,5-6,8,14-15,17H2,1-4H3,(H-,29,30,32,33)/p+1. The van der Waals surface area contributed by atoms with Crippen molar-refractivity contribution in [1.82, 2.24) is 0 Å². The number of carboxylic acid groups (broad SMARTS) is 1. The molecule has 1 saturated carbocycles. The number of nitrogens with one attached hydrogen (secondary N) is 1. The summed E-state index contributed by atoms with van der Waals surface area (Å²) in [6, 6.07) is 14.7. The molecule has 33 heavy (non-hydrogen) atoms. The second-order valence-electron chi connectivity index (χ2n) is 10.6. The van der Waals surface area contributed by atoms with Gasteiger partial charge >= 0.3 is 11.9 Å². The summed E-state index contributed by atoms with van der Waals surface area (Å²) in [6.07, 6.45) is 7.88. The first kappa shape index (κ1) is 23.2. The van der Waals surface area contributed by atoms with Gasteiger partial charge in [-0.05, 0) is 72.4 Å². The Kier molecular flexibility index (Phi) is 6.68. The minimum absolute atomic E-state index is 0.128. The molecule has 4 rings (SSSR count). The zero-order chi connectivity index (χ0) is 23.6. The minimum Gasteiger partial charge on any atom is -0.481 e. The second-order valence-corrected chi connectivity index (χ2v) is 10.6. The van der Waals surface area contributed by atoms with Crippen molar-refractivity contribution in [2.24, 2.45) is 16.3 Å². The zero-order valence-corrected chi connectivity index (χ0v) is 20.3. The smallest absolute Gasteiger partial charge is 0.402 e. The van der Waals surface area contributed by atoms with Crippen LogP contribution in [0.25, 0.3) is 0 Å². The maximum absolute atomic E-state index is 11.0. The van der Waals surface area contributed by atoms with Crippen LogP contribution in [0.1, 0.15) is 76.8 Å². The largest absolute Gasteiger partial charge is 0.481 e. The first-order chi connectivity index (χ1) is 15.7. The first-order valence-corrected chi connectivity index (χ1v) is 12.1. The summed E-state index contributed by atoms with van der Waals surface area (Å²) < 4.78 is 2.21. The van der Waals surface area contributed by atoms with Crippen LogP contribution in [0.4, 0.5) is 17.1 Å². The van der Waals surface area contributed by atoms with Crippen LogP contribution < -0.4 is 5.32 Å². The molecule has 1 unspecified atom stereocenters. The van der Waals surface area contributed by atoms with E-state index < -0.39 is 5.97 Å². The third kappa shape index (κ3) is 5.70. The maximum Gasteiger partial charge on any atom is 0.402 e. The highest BCUT2D eigenvalue weighted by atomic mass is 16.4. The molecular weight excluding hydrogens is 410 g/mol. The number of anilines is 1. The van der Waals surface area contributed by atoms with E-state index in [1.807, 2.05) is 12.1 Å². The molecule has 1 atom stereocenters. The second kappa shape index (κ2) is 9.50. The number of hydrogen-bond acceptors (Lipinski definition) is 3. The lowest BCUT2D eigenvalue weighted by Crippen LogP contribution is -2.29. The number of aliphatic imine (C=N–C) groups is 1. The number of hydrogen-bond donors (Lipinski definition) is 2. The van der Waals surface area contributed by atoms with Crippen LogP contribution in [0.5, 0.6) is 0 Å². The van der Waals surface area contributed by atoms with Gasteiger partial charge in [0.2, 0.25) is 0 Å². The van der Waals surface area contributed by atoms with Crippen molar-refractivity contribution < 1.29 is 14.5 Å². The number of aliphatic carboxylic acids is 1. The summed E-state index contributed by atoms with van der Waals surface area (Å²) >= 11 is 0. The van der Waals surface area contributed by atoms with Crippen LogP contribution in [-0.4, -0.2) is 27.8 Å². The van der Waals surface area contributed by atoms with E-state index in [4.69, 9.17) is 10.1 Å². The molecular formula is C28H36N3O2+. The van der Waals surface area contributed by atoms with Gasteiger partial charge in [0.05, 0.1) is 11.9 Å². The monoisotopic (exact) mass is 446 g/mol. The SMILES string of the molecule is CC(C)c1ccc(NC2=Nc3cc(CCC(=O)O)ccc3[N+]2=CC2CCCC(C)(C)C2)cc1. The van der Waals surface area contributed by atoms with Gasteiger partial charge in [0.25, 0.3) is 0 Å². The number of fused-ring (bicyclic) bond motifs is 1. The van der Waals surface area contributed by atoms with E-state index >= 15 is 0 Å². The van der Waals surface area contributed by atoms with Gasteiger partial charge in [0.15, 0.2) is 5.69 Å². The Labute approximate surface area is 197 Å². The van der Waals surface area contributed by atoms with Crippen molar-refractivity contribution in [1.29, 1.82) is 0 Å². The Morgan fingerprint density at radius 2 is 2.00 bits per heavy atom. The predicted molar refractivity (Wildman–Crippen MR) is 135 cm³/mol. The number of benzene rings is 2. The fourth-order valence-corrected chi connectivity index (χ4v) is 4.97. The van der Waals surface area contributed by atoms with Gasteiger partial charge in [-0.1, -0.05) is 57.3 Å². The highest BCUT2D eigenvalue weighted by Gasteiger charge is 2.33. The highest BCUT2D eigenvalue weighted by Crippen LogP contribution is 2.40. The van der Waals surface area contributed by atoms with Crippen LogP contribution in [0, 0.1) is 11.3 Å². The van der Waals surface area contributed by atoms with E-state index in [0.29, 0.717) is 23.7 Å². The van der Waals surface area contributed by atoms with E-state index in [1.165, 1.54) is 31.2 Å². The maximum atomic E-state index is 11.0. The minimum atomic E-state index is -0.777. The fraction of sp³-hybridized carbons (Fsp3) is 0.464. The van der Waals surface area contributed by atoms with Crippen LogP contribution in [0.3, 0.4) is 0 Å². The Hall–Kier alpha value is -2.95. The molecule has 0 radical (unpaired) electrons. The van der Waals surface area contributed by atoms with Crippen molar-refractivity contribution in [3.63, 3.8) is 0 Å². The number of guanidine groups is 1. The molecule has 0 bridgehead atoms. The summed E-state index contributed by atoms with van der Waals surface area (Å²) in [5, 5.41) is 12.6. The van der Waals surface area contributed by atoms with Gasteiger partial charge < -0.3 is 5.11 Å². The molecule has 5 nitrogen and oxygen atoms in total. The molecule has 1 aliphatic heterocycles. The van der Waals surface area contributed by atoms with Crippen molar-refractivity contribution >= 4 is 35.2 Å². The summed E-state index contributed by atoms with van der Waals surface area (Å²) in [7, 11) is 0. The quantitative estimate of drug-likeness (QED) is 0.476. The van der Waals surface area contributed by atoms with Crippen molar-refractivity contribution in [2.45, 2.75) is 72.1 Å². The number of aryl methyl sites for hydroxylation is 1. The topological polar surface area (TPSA) is 64.7 Å². The van der Waals surface area contributed by atoms with Crippen LogP contribution in [0.2, 0.25) is 0 Å². The van der Waals surface area contributed by atoms with Gasteiger partial charge in [-0.15, -0.1) is 0 Å². The van der Waals surface area contributed by atoms with Crippen LogP contribution in [0.15, 0.2) is 47.5 Å². The van der Waals surface area contributed by atoms with Crippen LogP contribution >= 0.6 is 0 Å². The molecule has 0 saturated heterocycles. The predicted octanol–water partition coefficient (Wildman–Crippen LogP) is 6.87. The lowest BCUT2D eigenvalue weighted by Gasteiger charge is -2.33. The average molecular weight is 447 g/mol. The molecule has 2 aliphatic rings. The Bertz CT molecular complexity index is 1080. The third-order valence-corrected chi connectivity index (χ3v) is 6.82. The number of rotatable bonds is 6. The van der Waals surface area contributed by atoms with Gasteiger partial charge in [0, 0.05) is 12.3 Å². The summed E-state index contributed by atoms with van der Waals surface area (Å²) in [5.41, 5.74) is 5.64. The molecule has 0 spiro atoms. The van der Waals surface area contributed by atoms with Crippen LogP contribution in [-0.2, 0) is 11.2 Å². The fourth-order valence-electron chi connectivity index (χ4n) is 4.97. The lowest BCUT2D eigenvalue weighted by atomic mass is 9.72. The Morgan fingerprint density at radius 3 is 2.67 bits per heavy atom. The number of nitrogens with zero attached hydrogens (tertiary/aromatic N) is 2. The molecule has 1 heterocycles. The van der Waals surface area contributed by atoms with Gasteiger partial charge in [-0.3, -0.25) is 4.79 Å². The van der Waals surface area contributed by atoms with Crippen molar-refractivity contribution in [3.8, 4) is 0 Å². The number of carbonyl (C=O) groups is 1. The first-order valence-electron chi connectivity index (χ1n) is 12.1. The van der Waals surface area contributed by atoms with Crippen molar-refractivity contribution in [3.05, 3.63) is 53.6 Å². The molecule has 2 aromatic rings. The molecule has 1 aliphatic carbocycles. The van der Waals surface area contributed by atoms with Crippen molar-refractivity contribution in [2.75, 3.05) is 5.32 Å². The molecule has 1 fully saturated rings. The zero-order valence-electron chi connectivity index (χ0n) is 20.3. The summed E-state index contributed by atoms with van der Waals surface area (Å²) in [4.78, 5) is 15.9. The van der Waals surface area contributed by atoms with Gasteiger partial charge in [0.1, 0.15) is 5.69 Å². The van der Waals surface area contributed by atoms with E-state index in [2.05, 4.69) is 74.1 Å². The molecule has 0 aromatic heterocycles. The van der Waals surface area contributed by atoms with E-state index in [0.717, 1.165) is 28.6 Å². The molecule has 5 heteroatoms. The molecule has 174 valence electrons. The Balaban J connectivity index is 1.65.